The Morgan fingerprint density at radius 1 is 1.38 bits per heavy atom. The number of aliphatic carboxylic acids is 1. The fraction of sp³-hybridized carbons (Fsp3) is 0.200. The summed E-state index contributed by atoms with van der Waals surface area (Å²) in [6.45, 7) is 0. The number of ketones is 1. The summed E-state index contributed by atoms with van der Waals surface area (Å²) in [4.78, 5) is 22.1. The summed E-state index contributed by atoms with van der Waals surface area (Å²) in [5.74, 6) is -1.98. The third-order valence-corrected chi connectivity index (χ3v) is 2.11. The van der Waals surface area contributed by atoms with Crippen molar-refractivity contribution in [3.63, 3.8) is 0 Å². The van der Waals surface area contributed by atoms with Gasteiger partial charge in [0.05, 0.1) is 5.69 Å². The van der Waals surface area contributed by atoms with Crippen LogP contribution in [0.15, 0.2) is 18.2 Å². The molecule has 1 atom stereocenters. The number of rotatable bonds is 4. The highest BCUT2D eigenvalue weighted by atomic mass is 16.4. The van der Waals surface area contributed by atoms with Crippen LogP contribution >= 0.6 is 0 Å². The minimum absolute atomic E-state index is 0.0647. The number of carbonyl (C=O) groups excluding carboxylic acids is 1. The number of nitrogen functional groups attached to an aromatic ring is 1. The fourth-order valence-corrected chi connectivity index (χ4v) is 1.19. The van der Waals surface area contributed by atoms with E-state index in [1.54, 1.807) is 0 Å². The number of hydrogen-bond acceptors (Lipinski definition) is 5. The molecule has 0 aromatic heterocycles. The van der Waals surface area contributed by atoms with E-state index in [4.69, 9.17) is 16.6 Å². The van der Waals surface area contributed by atoms with Crippen LogP contribution in [0.2, 0.25) is 0 Å². The average molecular weight is 224 g/mol. The average Bonchev–Trinajstić information content (AvgIpc) is 2.21. The molecule has 6 heteroatoms. The van der Waals surface area contributed by atoms with Crippen LogP contribution in [0, 0.1) is 0 Å². The maximum atomic E-state index is 11.6. The highest BCUT2D eigenvalue weighted by Gasteiger charge is 2.19. The van der Waals surface area contributed by atoms with Crippen LogP contribution in [-0.4, -0.2) is 28.0 Å². The molecule has 0 unspecified atom stereocenters. The van der Waals surface area contributed by atoms with Crippen LogP contribution in [0.3, 0.4) is 0 Å². The third kappa shape index (κ3) is 2.48. The van der Waals surface area contributed by atoms with Gasteiger partial charge in [-0.2, -0.15) is 0 Å². The van der Waals surface area contributed by atoms with Crippen molar-refractivity contribution in [1.82, 2.24) is 0 Å². The Hall–Kier alpha value is -2.08. The first-order chi connectivity index (χ1) is 7.43. The molecule has 0 bridgehead atoms. The Labute approximate surface area is 91.5 Å². The van der Waals surface area contributed by atoms with Gasteiger partial charge in [-0.05, 0) is 12.1 Å². The van der Waals surface area contributed by atoms with Crippen LogP contribution in [0.1, 0.15) is 16.8 Å². The zero-order valence-electron chi connectivity index (χ0n) is 8.38. The molecule has 16 heavy (non-hydrogen) atoms. The summed E-state index contributed by atoms with van der Waals surface area (Å²) in [5, 5.41) is 17.8. The van der Waals surface area contributed by atoms with E-state index >= 15 is 0 Å². The van der Waals surface area contributed by atoms with Gasteiger partial charge < -0.3 is 21.7 Å². The van der Waals surface area contributed by atoms with Gasteiger partial charge in [-0.3, -0.25) is 9.59 Å². The van der Waals surface area contributed by atoms with E-state index in [2.05, 4.69) is 0 Å². The first-order valence-electron chi connectivity index (χ1n) is 4.52. The smallest absolute Gasteiger partial charge is 0.320 e. The van der Waals surface area contributed by atoms with Gasteiger partial charge in [0.2, 0.25) is 0 Å². The Bertz CT molecular complexity index is 431. The van der Waals surface area contributed by atoms with E-state index in [1.807, 2.05) is 0 Å². The predicted molar refractivity (Wildman–Crippen MR) is 57.1 cm³/mol. The lowest BCUT2D eigenvalue weighted by molar-refractivity contribution is -0.138. The standard InChI is InChI=1S/C10H12N2O4/c11-6(10(15)16)4-8(14)5-2-1-3-7(13)9(5)12/h1-3,6,13H,4,11-12H2,(H,15,16)/t6-/m1/s1. The second-order valence-corrected chi connectivity index (χ2v) is 3.31. The summed E-state index contributed by atoms with van der Waals surface area (Å²) in [6.07, 6.45) is -0.358. The maximum Gasteiger partial charge on any atom is 0.320 e. The Kier molecular flexibility index (Phi) is 3.47. The molecule has 1 rings (SSSR count). The largest absolute Gasteiger partial charge is 0.506 e. The fourth-order valence-electron chi connectivity index (χ4n) is 1.19. The lowest BCUT2D eigenvalue weighted by Gasteiger charge is -2.08. The van der Waals surface area contributed by atoms with E-state index in [-0.39, 0.29) is 23.4 Å². The molecule has 86 valence electrons. The normalized spacial score (nSPS) is 12.1. The quantitative estimate of drug-likeness (QED) is 0.323. The molecule has 0 saturated heterocycles. The molecule has 0 spiro atoms. The SMILES string of the molecule is Nc1c(O)cccc1C(=O)C[C@@H](N)C(=O)O. The maximum absolute atomic E-state index is 11.6. The van der Waals surface area contributed by atoms with E-state index in [9.17, 15) is 14.7 Å². The molecule has 6 nitrogen and oxygen atoms in total. The molecule has 0 fully saturated rings. The molecule has 0 aliphatic carbocycles. The molecular weight excluding hydrogens is 212 g/mol. The molecule has 0 amide bonds. The second-order valence-electron chi connectivity index (χ2n) is 3.31. The lowest BCUT2D eigenvalue weighted by Crippen LogP contribution is -2.32. The summed E-state index contributed by atoms with van der Waals surface area (Å²) < 4.78 is 0. The minimum atomic E-state index is -1.27. The Morgan fingerprint density at radius 2 is 2.00 bits per heavy atom. The number of phenols is 1. The van der Waals surface area contributed by atoms with Crippen molar-refractivity contribution in [3.05, 3.63) is 23.8 Å². The Balaban J connectivity index is 2.89. The van der Waals surface area contributed by atoms with Gasteiger partial charge in [-0.1, -0.05) is 6.07 Å². The molecule has 0 heterocycles. The molecule has 1 aromatic carbocycles. The van der Waals surface area contributed by atoms with Crippen LogP contribution in [0.5, 0.6) is 5.75 Å². The van der Waals surface area contributed by atoms with E-state index in [0.717, 1.165) is 0 Å². The number of benzene rings is 1. The monoisotopic (exact) mass is 224 g/mol. The highest BCUT2D eigenvalue weighted by Crippen LogP contribution is 2.24. The van der Waals surface area contributed by atoms with Gasteiger partial charge in [-0.25, -0.2) is 0 Å². The molecule has 6 N–H and O–H groups in total. The van der Waals surface area contributed by atoms with Crippen molar-refractivity contribution in [2.45, 2.75) is 12.5 Å². The molecule has 0 aliphatic rings. The number of nitrogens with two attached hydrogens (primary N) is 2. The molecular formula is C10H12N2O4. The van der Waals surface area contributed by atoms with Crippen molar-refractivity contribution >= 4 is 17.4 Å². The molecule has 0 saturated carbocycles. The van der Waals surface area contributed by atoms with Crippen molar-refractivity contribution in [1.29, 1.82) is 0 Å². The van der Waals surface area contributed by atoms with E-state index in [1.165, 1.54) is 18.2 Å². The van der Waals surface area contributed by atoms with Crippen molar-refractivity contribution in [2.75, 3.05) is 5.73 Å². The van der Waals surface area contributed by atoms with Crippen LogP contribution in [-0.2, 0) is 4.79 Å². The summed E-state index contributed by atoms with van der Waals surface area (Å²) in [5.41, 5.74) is 10.7. The van der Waals surface area contributed by atoms with Gasteiger partial charge in [0, 0.05) is 12.0 Å². The van der Waals surface area contributed by atoms with Crippen LogP contribution < -0.4 is 11.5 Å². The summed E-state index contributed by atoms with van der Waals surface area (Å²) in [6, 6.07) is 2.93. The van der Waals surface area contributed by atoms with E-state index in [0.29, 0.717) is 0 Å². The number of aromatic hydroxyl groups is 1. The summed E-state index contributed by atoms with van der Waals surface area (Å²) >= 11 is 0. The molecule has 0 aliphatic heterocycles. The van der Waals surface area contributed by atoms with Gasteiger partial charge in [0.15, 0.2) is 5.78 Å². The van der Waals surface area contributed by atoms with Crippen LogP contribution in [0.4, 0.5) is 5.69 Å². The van der Waals surface area contributed by atoms with Gasteiger partial charge >= 0.3 is 5.97 Å². The number of carboxylic acid groups (broad SMARTS) is 1. The second kappa shape index (κ2) is 4.63. The molecule has 1 aromatic rings. The van der Waals surface area contributed by atoms with Gasteiger partial charge in [0.1, 0.15) is 11.8 Å². The number of carbonyl (C=O) groups is 2. The number of anilines is 1. The highest BCUT2D eigenvalue weighted by molar-refractivity contribution is 6.03. The number of phenolic OH excluding ortho intramolecular Hbond substituents is 1. The number of hydrogen-bond donors (Lipinski definition) is 4. The topological polar surface area (TPSA) is 127 Å². The van der Waals surface area contributed by atoms with E-state index < -0.39 is 17.8 Å². The van der Waals surface area contributed by atoms with Crippen molar-refractivity contribution < 1.29 is 19.8 Å². The minimum Gasteiger partial charge on any atom is -0.506 e. The van der Waals surface area contributed by atoms with Gasteiger partial charge in [0.25, 0.3) is 0 Å². The van der Waals surface area contributed by atoms with Crippen molar-refractivity contribution in [2.24, 2.45) is 5.73 Å². The zero-order valence-corrected chi connectivity index (χ0v) is 8.38. The molecule has 0 radical (unpaired) electrons. The number of carboxylic acids is 1. The Morgan fingerprint density at radius 3 is 2.56 bits per heavy atom. The predicted octanol–water partition coefficient (Wildman–Crippen LogP) is -0.0409. The third-order valence-electron chi connectivity index (χ3n) is 2.11. The number of Topliss-reactive ketones (excluding diaryl/α,β-unsaturated/α-hetero) is 1. The number of para-hydroxylation sites is 1. The first-order valence-corrected chi connectivity index (χ1v) is 4.52. The first kappa shape index (κ1) is 12.0. The van der Waals surface area contributed by atoms with Gasteiger partial charge in [-0.15, -0.1) is 0 Å². The summed E-state index contributed by atoms with van der Waals surface area (Å²) in [7, 11) is 0. The zero-order chi connectivity index (χ0) is 12.3. The van der Waals surface area contributed by atoms with Crippen molar-refractivity contribution in [3.8, 4) is 5.75 Å². The van der Waals surface area contributed by atoms with Crippen LogP contribution in [0.25, 0.3) is 0 Å². The lowest BCUT2D eigenvalue weighted by atomic mass is 10.0.